The van der Waals surface area contributed by atoms with Gasteiger partial charge in [0.25, 0.3) is 0 Å². The first-order chi connectivity index (χ1) is 7.34. The maximum absolute atomic E-state index is 3.67. The Morgan fingerprint density at radius 2 is 2.20 bits per heavy atom. The van der Waals surface area contributed by atoms with Gasteiger partial charge < -0.3 is 15.5 Å². The minimum Gasteiger partial charge on any atom is -0.315 e. The number of hydrogen-bond donors (Lipinski definition) is 2. The van der Waals surface area contributed by atoms with Gasteiger partial charge in [-0.15, -0.1) is 0 Å². The normalized spacial score (nSPS) is 29.8. The van der Waals surface area contributed by atoms with Crippen LogP contribution in [0.4, 0.5) is 0 Å². The fourth-order valence-corrected chi connectivity index (χ4v) is 2.67. The molecule has 2 aliphatic rings. The topological polar surface area (TPSA) is 27.3 Å². The van der Waals surface area contributed by atoms with Gasteiger partial charge in [0.05, 0.1) is 0 Å². The Morgan fingerprint density at radius 1 is 1.40 bits per heavy atom. The van der Waals surface area contributed by atoms with Crippen molar-refractivity contribution in [2.24, 2.45) is 5.92 Å². The summed E-state index contributed by atoms with van der Waals surface area (Å²) in [7, 11) is 0. The molecule has 2 rings (SSSR count). The largest absolute Gasteiger partial charge is 0.315 e. The lowest BCUT2D eigenvalue weighted by atomic mass is 10.1. The number of likely N-dealkylation sites (tertiary alicyclic amines) is 1. The van der Waals surface area contributed by atoms with E-state index in [9.17, 15) is 0 Å². The number of nitrogens with one attached hydrogen (secondary N) is 2. The Labute approximate surface area is 93.6 Å². The highest BCUT2D eigenvalue weighted by atomic mass is 15.1. The number of hydrogen-bond acceptors (Lipinski definition) is 3. The highest BCUT2D eigenvalue weighted by molar-refractivity contribution is 4.78. The van der Waals surface area contributed by atoms with Crippen LogP contribution in [0.25, 0.3) is 0 Å². The highest BCUT2D eigenvalue weighted by Crippen LogP contribution is 2.10. The molecule has 2 N–H and O–H groups in total. The van der Waals surface area contributed by atoms with Gasteiger partial charge in [0.1, 0.15) is 0 Å². The molecule has 2 fully saturated rings. The molecular weight excluding hydrogens is 186 g/mol. The van der Waals surface area contributed by atoms with E-state index in [0.717, 1.165) is 18.5 Å². The van der Waals surface area contributed by atoms with E-state index in [1.165, 1.54) is 52.0 Å². The summed E-state index contributed by atoms with van der Waals surface area (Å²) in [6.07, 6.45) is 4.12. The van der Waals surface area contributed by atoms with E-state index in [4.69, 9.17) is 0 Å². The molecule has 2 atom stereocenters. The van der Waals surface area contributed by atoms with Gasteiger partial charge in [0.2, 0.25) is 0 Å². The summed E-state index contributed by atoms with van der Waals surface area (Å²) in [6, 6.07) is 0.728. The quantitative estimate of drug-likeness (QED) is 0.700. The lowest BCUT2D eigenvalue weighted by Crippen LogP contribution is -2.37. The molecule has 3 nitrogen and oxygen atoms in total. The van der Waals surface area contributed by atoms with Crippen molar-refractivity contribution in [2.75, 3.05) is 39.3 Å². The van der Waals surface area contributed by atoms with Crippen LogP contribution in [0.5, 0.6) is 0 Å². The van der Waals surface area contributed by atoms with E-state index in [1.54, 1.807) is 0 Å². The summed E-state index contributed by atoms with van der Waals surface area (Å²) in [6.45, 7) is 9.85. The van der Waals surface area contributed by atoms with Crippen LogP contribution < -0.4 is 10.6 Å². The second-order valence-corrected chi connectivity index (χ2v) is 5.21. The number of nitrogens with zero attached hydrogens (tertiary/aromatic N) is 1. The molecule has 0 spiro atoms. The first-order valence-corrected chi connectivity index (χ1v) is 6.51. The standard InChI is InChI=1S/C12H25N3/c1-11(10-15-6-2-3-7-15)8-14-12-4-5-13-9-12/h11-14H,2-10H2,1H3. The van der Waals surface area contributed by atoms with Crippen molar-refractivity contribution in [3.05, 3.63) is 0 Å². The molecule has 0 saturated carbocycles. The fraction of sp³-hybridized carbons (Fsp3) is 1.00. The van der Waals surface area contributed by atoms with Crippen LogP contribution in [-0.2, 0) is 0 Å². The smallest absolute Gasteiger partial charge is 0.0204 e. The maximum atomic E-state index is 3.67. The predicted molar refractivity (Wildman–Crippen MR) is 64.1 cm³/mol. The zero-order valence-corrected chi connectivity index (χ0v) is 9.97. The van der Waals surface area contributed by atoms with Crippen LogP contribution >= 0.6 is 0 Å². The third-order valence-electron chi connectivity index (χ3n) is 3.58. The summed E-state index contributed by atoms with van der Waals surface area (Å²) in [4.78, 5) is 2.61. The zero-order chi connectivity index (χ0) is 10.5. The first-order valence-electron chi connectivity index (χ1n) is 6.51. The molecule has 2 heterocycles. The van der Waals surface area contributed by atoms with Crippen molar-refractivity contribution in [3.63, 3.8) is 0 Å². The molecule has 2 aliphatic heterocycles. The van der Waals surface area contributed by atoms with E-state index in [1.807, 2.05) is 0 Å². The molecule has 2 unspecified atom stereocenters. The van der Waals surface area contributed by atoms with Crippen molar-refractivity contribution < 1.29 is 0 Å². The first kappa shape index (κ1) is 11.4. The Balaban J connectivity index is 1.57. The van der Waals surface area contributed by atoms with Crippen molar-refractivity contribution in [1.29, 1.82) is 0 Å². The summed E-state index contributed by atoms with van der Waals surface area (Å²) in [5.74, 6) is 0.795. The van der Waals surface area contributed by atoms with Gasteiger partial charge >= 0.3 is 0 Å². The van der Waals surface area contributed by atoms with Gasteiger partial charge in [-0.05, 0) is 51.4 Å². The van der Waals surface area contributed by atoms with Crippen LogP contribution in [0.1, 0.15) is 26.2 Å². The number of rotatable bonds is 5. The molecule has 0 radical (unpaired) electrons. The average Bonchev–Trinajstić information content (AvgIpc) is 2.86. The van der Waals surface area contributed by atoms with Gasteiger partial charge in [-0.2, -0.15) is 0 Å². The van der Waals surface area contributed by atoms with Crippen LogP contribution in [-0.4, -0.2) is 50.2 Å². The summed E-state index contributed by atoms with van der Waals surface area (Å²) < 4.78 is 0. The minimum atomic E-state index is 0.728. The Morgan fingerprint density at radius 3 is 2.87 bits per heavy atom. The van der Waals surface area contributed by atoms with Gasteiger partial charge in [-0.25, -0.2) is 0 Å². The van der Waals surface area contributed by atoms with Crippen LogP contribution in [0.2, 0.25) is 0 Å². The van der Waals surface area contributed by atoms with E-state index in [0.29, 0.717) is 0 Å². The zero-order valence-electron chi connectivity index (χ0n) is 9.97. The van der Waals surface area contributed by atoms with Crippen molar-refractivity contribution in [2.45, 2.75) is 32.2 Å². The molecule has 88 valence electrons. The van der Waals surface area contributed by atoms with E-state index in [-0.39, 0.29) is 0 Å². The van der Waals surface area contributed by atoms with Crippen LogP contribution in [0.3, 0.4) is 0 Å². The lowest BCUT2D eigenvalue weighted by molar-refractivity contribution is 0.278. The molecule has 0 bridgehead atoms. The fourth-order valence-electron chi connectivity index (χ4n) is 2.67. The van der Waals surface area contributed by atoms with E-state index < -0.39 is 0 Å². The van der Waals surface area contributed by atoms with Crippen LogP contribution in [0, 0.1) is 5.92 Å². The molecular formula is C12H25N3. The molecule has 3 heteroatoms. The molecule has 0 aromatic rings. The van der Waals surface area contributed by atoms with E-state index in [2.05, 4.69) is 22.5 Å². The molecule has 0 aliphatic carbocycles. The predicted octanol–water partition coefficient (Wildman–Crippen LogP) is 0.670. The molecule has 2 saturated heterocycles. The third kappa shape index (κ3) is 3.74. The second kappa shape index (κ2) is 5.83. The highest BCUT2D eigenvalue weighted by Gasteiger charge is 2.17. The van der Waals surface area contributed by atoms with Gasteiger partial charge in [0, 0.05) is 19.1 Å². The summed E-state index contributed by atoms with van der Waals surface area (Å²) in [5, 5.41) is 7.06. The van der Waals surface area contributed by atoms with Crippen molar-refractivity contribution in [3.8, 4) is 0 Å². The van der Waals surface area contributed by atoms with Crippen molar-refractivity contribution >= 4 is 0 Å². The Hall–Kier alpha value is -0.120. The molecule has 0 aromatic carbocycles. The summed E-state index contributed by atoms with van der Waals surface area (Å²) >= 11 is 0. The maximum Gasteiger partial charge on any atom is 0.0204 e. The van der Waals surface area contributed by atoms with Crippen molar-refractivity contribution in [1.82, 2.24) is 15.5 Å². The second-order valence-electron chi connectivity index (χ2n) is 5.21. The Kier molecular flexibility index (Phi) is 4.42. The SMILES string of the molecule is CC(CNC1CCNC1)CN1CCCC1. The summed E-state index contributed by atoms with van der Waals surface area (Å²) in [5.41, 5.74) is 0. The Bertz CT molecular complexity index is 172. The monoisotopic (exact) mass is 211 g/mol. The lowest BCUT2D eigenvalue weighted by Gasteiger charge is -2.22. The van der Waals surface area contributed by atoms with Gasteiger partial charge in [-0.1, -0.05) is 6.92 Å². The van der Waals surface area contributed by atoms with Gasteiger partial charge in [-0.3, -0.25) is 0 Å². The molecule has 0 amide bonds. The molecule has 0 aromatic heterocycles. The van der Waals surface area contributed by atoms with Gasteiger partial charge in [0.15, 0.2) is 0 Å². The van der Waals surface area contributed by atoms with E-state index >= 15 is 0 Å². The van der Waals surface area contributed by atoms with Crippen LogP contribution in [0.15, 0.2) is 0 Å². The third-order valence-corrected chi connectivity index (χ3v) is 3.58. The molecule has 15 heavy (non-hydrogen) atoms. The average molecular weight is 211 g/mol. The minimum absolute atomic E-state index is 0.728.